The fourth-order valence-electron chi connectivity index (χ4n) is 1.52. The molecular formula is C15H21NO4. The number of methoxy groups -OCH3 is 1. The normalized spacial score (nSPS) is 12.0. The van der Waals surface area contributed by atoms with Crippen LogP contribution in [-0.2, 0) is 25.6 Å². The highest BCUT2D eigenvalue weighted by Crippen LogP contribution is 2.03. The molecule has 110 valence electrons. The fraction of sp³-hybridized carbons (Fsp3) is 0.467. The minimum atomic E-state index is -1.22. The fourth-order valence-corrected chi connectivity index (χ4v) is 1.52. The van der Waals surface area contributed by atoms with Gasteiger partial charge in [0.05, 0.1) is 13.7 Å². The molecule has 1 aromatic rings. The quantitative estimate of drug-likeness (QED) is 0.607. The van der Waals surface area contributed by atoms with Crippen LogP contribution in [-0.4, -0.2) is 31.7 Å². The summed E-state index contributed by atoms with van der Waals surface area (Å²) < 4.78 is 9.91. The lowest BCUT2D eigenvalue weighted by atomic mass is 10.2. The van der Waals surface area contributed by atoms with Crippen molar-refractivity contribution in [3.8, 4) is 0 Å². The van der Waals surface area contributed by atoms with Crippen molar-refractivity contribution in [1.82, 2.24) is 5.32 Å². The molecule has 0 radical (unpaired) electrons. The molecule has 0 bridgehead atoms. The number of rotatable bonds is 7. The predicted molar refractivity (Wildman–Crippen MR) is 74.9 cm³/mol. The van der Waals surface area contributed by atoms with Crippen LogP contribution in [0, 0.1) is 5.92 Å². The van der Waals surface area contributed by atoms with E-state index >= 15 is 0 Å². The molecule has 1 amide bonds. The molecule has 0 saturated carbocycles. The number of esters is 1. The third-order valence-corrected chi connectivity index (χ3v) is 2.56. The molecule has 1 N–H and O–H groups in total. The summed E-state index contributed by atoms with van der Waals surface area (Å²) in [7, 11) is 1.23. The van der Waals surface area contributed by atoms with Crippen LogP contribution in [0.25, 0.3) is 0 Å². The van der Waals surface area contributed by atoms with Crippen molar-refractivity contribution in [2.24, 2.45) is 5.92 Å². The maximum atomic E-state index is 12.0. The van der Waals surface area contributed by atoms with Crippen LogP contribution in [0.5, 0.6) is 0 Å². The van der Waals surface area contributed by atoms with Gasteiger partial charge in [-0.2, -0.15) is 0 Å². The first kappa shape index (κ1) is 16.2. The summed E-state index contributed by atoms with van der Waals surface area (Å²) in [6.45, 7) is 4.54. The molecule has 0 unspecified atom stereocenters. The average molecular weight is 279 g/mol. The minimum Gasteiger partial charge on any atom is -0.467 e. The van der Waals surface area contributed by atoms with Gasteiger partial charge in [0.1, 0.15) is 0 Å². The van der Waals surface area contributed by atoms with Gasteiger partial charge in [-0.15, -0.1) is 0 Å². The zero-order valence-corrected chi connectivity index (χ0v) is 12.1. The molecule has 20 heavy (non-hydrogen) atoms. The van der Waals surface area contributed by atoms with Crippen LogP contribution in [0.4, 0.5) is 0 Å². The van der Waals surface area contributed by atoms with Gasteiger partial charge in [0, 0.05) is 6.54 Å². The van der Waals surface area contributed by atoms with Crippen molar-refractivity contribution < 1.29 is 19.1 Å². The van der Waals surface area contributed by atoms with Gasteiger partial charge in [-0.25, -0.2) is 4.79 Å². The lowest BCUT2D eigenvalue weighted by Crippen LogP contribution is -2.42. The second kappa shape index (κ2) is 8.32. The van der Waals surface area contributed by atoms with E-state index in [1.807, 2.05) is 44.2 Å². The molecule has 0 saturated heterocycles. The van der Waals surface area contributed by atoms with Gasteiger partial charge in [-0.05, 0) is 11.5 Å². The lowest BCUT2D eigenvalue weighted by Gasteiger charge is -2.16. The van der Waals surface area contributed by atoms with Crippen LogP contribution in [0.2, 0.25) is 0 Å². The average Bonchev–Trinajstić information content (AvgIpc) is 2.45. The molecule has 1 aromatic carbocycles. The number of hydrogen-bond donors (Lipinski definition) is 1. The summed E-state index contributed by atoms with van der Waals surface area (Å²) in [6, 6.07) is 9.45. The van der Waals surface area contributed by atoms with E-state index in [4.69, 9.17) is 4.74 Å². The van der Waals surface area contributed by atoms with Crippen molar-refractivity contribution in [2.45, 2.75) is 26.5 Å². The first-order valence-corrected chi connectivity index (χ1v) is 6.55. The van der Waals surface area contributed by atoms with Crippen LogP contribution in [0.3, 0.4) is 0 Å². The van der Waals surface area contributed by atoms with Crippen LogP contribution in [0.1, 0.15) is 19.4 Å². The first-order valence-electron chi connectivity index (χ1n) is 6.55. The van der Waals surface area contributed by atoms with Gasteiger partial charge >= 0.3 is 5.97 Å². The van der Waals surface area contributed by atoms with Crippen molar-refractivity contribution in [1.29, 1.82) is 0 Å². The van der Waals surface area contributed by atoms with Gasteiger partial charge in [-0.3, -0.25) is 4.79 Å². The Morgan fingerprint density at radius 1 is 1.20 bits per heavy atom. The Labute approximate surface area is 119 Å². The van der Waals surface area contributed by atoms with E-state index < -0.39 is 18.0 Å². The number of ether oxygens (including phenoxy) is 2. The number of benzene rings is 1. The Morgan fingerprint density at radius 2 is 1.85 bits per heavy atom. The van der Waals surface area contributed by atoms with Gasteiger partial charge in [-0.1, -0.05) is 44.2 Å². The monoisotopic (exact) mass is 279 g/mol. The minimum absolute atomic E-state index is 0.226. The summed E-state index contributed by atoms with van der Waals surface area (Å²) in [4.78, 5) is 23.6. The van der Waals surface area contributed by atoms with E-state index in [1.54, 1.807) is 0 Å². The van der Waals surface area contributed by atoms with Crippen molar-refractivity contribution in [2.75, 3.05) is 13.7 Å². The Balaban J connectivity index is 2.56. The van der Waals surface area contributed by atoms with E-state index in [1.165, 1.54) is 7.11 Å². The van der Waals surface area contributed by atoms with Crippen molar-refractivity contribution in [3.63, 3.8) is 0 Å². The Hall–Kier alpha value is -1.88. The van der Waals surface area contributed by atoms with Crippen LogP contribution in [0.15, 0.2) is 30.3 Å². The van der Waals surface area contributed by atoms with Gasteiger partial charge in [0.25, 0.3) is 5.91 Å². The lowest BCUT2D eigenvalue weighted by molar-refractivity contribution is -0.160. The highest BCUT2D eigenvalue weighted by Gasteiger charge is 2.28. The molecule has 1 atom stereocenters. The number of carbonyl (C=O) groups excluding carboxylic acids is 2. The Morgan fingerprint density at radius 3 is 2.40 bits per heavy atom. The number of nitrogens with one attached hydrogen (secondary N) is 1. The third kappa shape index (κ3) is 5.40. The van der Waals surface area contributed by atoms with Crippen LogP contribution >= 0.6 is 0 Å². The van der Waals surface area contributed by atoms with E-state index in [2.05, 4.69) is 10.1 Å². The molecule has 0 fully saturated rings. The maximum Gasteiger partial charge on any atom is 0.344 e. The summed E-state index contributed by atoms with van der Waals surface area (Å²) in [5, 5.41) is 2.67. The number of hydrogen-bond acceptors (Lipinski definition) is 4. The standard InChI is InChI=1S/C15H21NO4/c1-11(2)10-20-13(15(18)19-3)14(17)16-9-12-7-5-4-6-8-12/h4-8,11,13H,9-10H2,1-3H3,(H,16,17)/t13-/m1/s1. The van der Waals surface area contributed by atoms with Crippen molar-refractivity contribution >= 4 is 11.9 Å². The largest absolute Gasteiger partial charge is 0.467 e. The van der Waals surface area contributed by atoms with E-state index in [-0.39, 0.29) is 5.92 Å². The molecule has 0 aromatic heterocycles. The predicted octanol–water partition coefficient (Wildman–Crippen LogP) is 1.52. The van der Waals surface area contributed by atoms with E-state index in [0.717, 1.165) is 5.56 Å². The van der Waals surface area contributed by atoms with Crippen molar-refractivity contribution in [3.05, 3.63) is 35.9 Å². The second-order valence-corrected chi connectivity index (χ2v) is 4.83. The first-order chi connectivity index (χ1) is 9.54. The molecule has 1 rings (SSSR count). The molecule has 5 nitrogen and oxygen atoms in total. The molecular weight excluding hydrogens is 258 g/mol. The summed E-state index contributed by atoms with van der Waals surface area (Å²) in [5.41, 5.74) is 0.952. The smallest absolute Gasteiger partial charge is 0.344 e. The second-order valence-electron chi connectivity index (χ2n) is 4.83. The van der Waals surface area contributed by atoms with Gasteiger partial charge in [0.15, 0.2) is 0 Å². The molecule has 0 aliphatic carbocycles. The topological polar surface area (TPSA) is 64.6 Å². The number of amides is 1. The maximum absolute atomic E-state index is 12.0. The highest BCUT2D eigenvalue weighted by molar-refractivity contribution is 6.00. The third-order valence-electron chi connectivity index (χ3n) is 2.56. The SMILES string of the molecule is COC(=O)[C@H](OCC(C)C)C(=O)NCc1ccccc1. The van der Waals surface area contributed by atoms with Gasteiger partial charge in [0.2, 0.25) is 6.10 Å². The van der Waals surface area contributed by atoms with E-state index in [9.17, 15) is 9.59 Å². The molecule has 0 heterocycles. The Kier molecular flexibility index (Phi) is 6.73. The number of carbonyl (C=O) groups is 2. The zero-order chi connectivity index (χ0) is 15.0. The molecule has 5 heteroatoms. The molecule has 0 aliphatic rings. The zero-order valence-electron chi connectivity index (χ0n) is 12.1. The summed E-state index contributed by atoms with van der Waals surface area (Å²) in [6.07, 6.45) is -1.22. The van der Waals surface area contributed by atoms with E-state index in [0.29, 0.717) is 13.2 Å². The summed E-state index contributed by atoms with van der Waals surface area (Å²) >= 11 is 0. The van der Waals surface area contributed by atoms with Gasteiger partial charge < -0.3 is 14.8 Å². The highest BCUT2D eigenvalue weighted by atomic mass is 16.6. The molecule has 0 spiro atoms. The molecule has 0 aliphatic heterocycles. The summed E-state index contributed by atoms with van der Waals surface area (Å²) in [5.74, 6) is -0.943. The Bertz CT molecular complexity index is 431. The van der Waals surface area contributed by atoms with Crippen LogP contribution < -0.4 is 5.32 Å².